The number of thiophene rings is 1. The van der Waals surface area contributed by atoms with Crippen molar-refractivity contribution in [2.45, 2.75) is 18.2 Å². The van der Waals surface area contributed by atoms with E-state index in [1.54, 1.807) is 0 Å². The zero-order chi connectivity index (χ0) is 12.3. The van der Waals surface area contributed by atoms with Crippen LogP contribution in [0.15, 0.2) is 16.3 Å². The van der Waals surface area contributed by atoms with Crippen molar-refractivity contribution in [3.05, 3.63) is 16.3 Å². The van der Waals surface area contributed by atoms with Crippen molar-refractivity contribution >= 4 is 29.9 Å². The van der Waals surface area contributed by atoms with Crippen molar-refractivity contribution in [3.63, 3.8) is 0 Å². The van der Waals surface area contributed by atoms with Gasteiger partial charge in [-0.1, -0.05) is 6.92 Å². The summed E-state index contributed by atoms with van der Waals surface area (Å²) in [5.41, 5.74) is 0. The third kappa shape index (κ3) is 3.47. The second-order valence-electron chi connectivity index (χ2n) is 4.43. The van der Waals surface area contributed by atoms with Crippen LogP contribution in [0, 0.1) is 5.92 Å². The molecule has 1 unspecified atom stereocenters. The molecule has 2 rings (SSSR count). The molecule has 5 heteroatoms. The predicted octanol–water partition coefficient (Wildman–Crippen LogP) is 2.11. The fraction of sp³-hybridized carbons (Fsp3) is 0.583. The number of hydrogen-bond acceptors (Lipinski definition) is 4. The van der Waals surface area contributed by atoms with Crippen molar-refractivity contribution < 1.29 is 4.79 Å². The second kappa shape index (κ2) is 5.89. The lowest BCUT2D eigenvalue weighted by Gasteiger charge is -2.13. The fourth-order valence-electron chi connectivity index (χ4n) is 2.14. The highest BCUT2D eigenvalue weighted by Gasteiger charge is 2.21. The van der Waals surface area contributed by atoms with E-state index in [1.807, 2.05) is 11.4 Å². The maximum Gasteiger partial charge on any atom is 0.261 e. The first kappa shape index (κ1) is 12.9. The Kier molecular flexibility index (Phi) is 4.48. The summed E-state index contributed by atoms with van der Waals surface area (Å²) in [5.74, 6) is 0.639. The summed E-state index contributed by atoms with van der Waals surface area (Å²) >= 11 is 5.65. The van der Waals surface area contributed by atoms with E-state index in [4.69, 9.17) is 0 Å². The molecule has 1 aliphatic heterocycles. The van der Waals surface area contributed by atoms with Crippen LogP contribution in [0.1, 0.15) is 23.0 Å². The Morgan fingerprint density at radius 3 is 3.12 bits per heavy atom. The third-order valence-corrected chi connectivity index (χ3v) is 4.54. The molecule has 2 heterocycles. The minimum absolute atomic E-state index is 0.0326. The first-order valence-corrected chi connectivity index (χ1v) is 7.29. The van der Waals surface area contributed by atoms with Crippen LogP contribution in [-0.4, -0.2) is 37.0 Å². The predicted molar refractivity (Wildman–Crippen MR) is 74.1 cm³/mol. The Balaban J connectivity index is 1.77. The second-order valence-corrected chi connectivity index (χ2v) is 5.85. The number of nitrogens with one attached hydrogen (secondary N) is 1. The molecule has 0 radical (unpaired) electrons. The minimum atomic E-state index is 0.0326. The van der Waals surface area contributed by atoms with Gasteiger partial charge in [-0.3, -0.25) is 4.79 Å². The lowest BCUT2D eigenvalue weighted by Crippen LogP contribution is -2.30. The molecule has 0 bridgehead atoms. The van der Waals surface area contributed by atoms with Gasteiger partial charge in [0.15, 0.2) is 0 Å². The number of carbonyl (C=O) groups is 1. The van der Waals surface area contributed by atoms with E-state index >= 15 is 0 Å². The molecule has 1 saturated heterocycles. The van der Waals surface area contributed by atoms with Crippen LogP contribution in [0.3, 0.4) is 0 Å². The summed E-state index contributed by atoms with van der Waals surface area (Å²) in [6, 6.07) is 1.82. The van der Waals surface area contributed by atoms with Crippen LogP contribution >= 0.6 is 24.0 Å². The molecule has 1 amide bonds. The zero-order valence-electron chi connectivity index (χ0n) is 9.98. The highest BCUT2D eigenvalue weighted by Crippen LogP contribution is 2.18. The van der Waals surface area contributed by atoms with Gasteiger partial charge in [-0.05, 0) is 31.5 Å². The molecule has 3 nitrogen and oxygen atoms in total. The molecule has 0 spiro atoms. The molecular weight excluding hydrogens is 252 g/mol. The Hall–Kier alpha value is -0.520. The summed E-state index contributed by atoms with van der Waals surface area (Å²) in [4.78, 5) is 15.9. The van der Waals surface area contributed by atoms with Crippen molar-refractivity contribution in [1.29, 1.82) is 0 Å². The summed E-state index contributed by atoms with van der Waals surface area (Å²) in [6.07, 6.45) is 1.19. The van der Waals surface area contributed by atoms with Gasteiger partial charge in [-0.25, -0.2) is 0 Å². The van der Waals surface area contributed by atoms with Crippen LogP contribution in [0.25, 0.3) is 0 Å². The van der Waals surface area contributed by atoms with Gasteiger partial charge in [-0.15, -0.1) is 24.0 Å². The monoisotopic (exact) mass is 270 g/mol. The standard InChI is InChI=1S/C12H18N2OS2/c1-2-14-4-3-9(7-14)6-13-12(15)11-5-10(16)8-17-11/h5,8-9,16H,2-4,6-7H2,1H3,(H,13,15). The summed E-state index contributed by atoms with van der Waals surface area (Å²) < 4.78 is 0. The average molecular weight is 270 g/mol. The molecule has 94 valence electrons. The number of likely N-dealkylation sites (tertiary alicyclic amines) is 1. The zero-order valence-corrected chi connectivity index (χ0v) is 11.7. The molecule has 0 saturated carbocycles. The Morgan fingerprint density at radius 2 is 2.53 bits per heavy atom. The topological polar surface area (TPSA) is 32.3 Å². The third-order valence-electron chi connectivity index (χ3n) is 3.18. The van der Waals surface area contributed by atoms with E-state index in [1.165, 1.54) is 17.8 Å². The SMILES string of the molecule is CCN1CCC(CNC(=O)c2cc(S)cs2)C1. The van der Waals surface area contributed by atoms with E-state index in [2.05, 4.69) is 29.8 Å². The number of rotatable bonds is 4. The van der Waals surface area contributed by atoms with E-state index in [9.17, 15) is 4.79 Å². The summed E-state index contributed by atoms with van der Waals surface area (Å²) in [7, 11) is 0. The Bertz CT molecular complexity index is 392. The van der Waals surface area contributed by atoms with Gasteiger partial charge in [0.1, 0.15) is 0 Å². The quantitative estimate of drug-likeness (QED) is 0.821. The summed E-state index contributed by atoms with van der Waals surface area (Å²) in [5, 5.41) is 4.89. The number of nitrogens with zero attached hydrogens (tertiary/aromatic N) is 1. The molecule has 1 N–H and O–H groups in total. The maximum absolute atomic E-state index is 11.8. The molecule has 0 aliphatic carbocycles. The van der Waals surface area contributed by atoms with E-state index in [-0.39, 0.29) is 5.91 Å². The first-order chi connectivity index (χ1) is 8.19. The van der Waals surface area contributed by atoms with Gasteiger partial charge in [0.2, 0.25) is 0 Å². The van der Waals surface area contributed by atoms with Crippen LogP contribution < -0.4 is 5.32 Å². The fourth-order valence-corrected chi connectivity index (χ4v) is 3.20. The summed E-state index contributed by atoms with van der Waals surface area (Å²) in [6.45, 7) is 6.35. The minimum Gasteiger partial charge on any atom is -0.351 e. The van der Waals surface area contributed by atoms with Gasteiger partial charge in [0.25, 0.3) is 5.91 Å². The van der Waals surface area contributed by atoms with E-state index in [0.717, 1.165) is 36.0 Å². The first-order valence-electron chi connectivity index (χ1n) is 5.97. The lowest BCUT2D eigenvalue weighted by atomic mass is 10.1. The van der Waals surface area contributed by atoms with Gasteiger partial charge >= 0.3 is 0 Å². The number of carbonyl (C=O) groups excluding carboxylic acids is 1. The van der Waals surface area contributed by atoms with Crippen LogP contribution in [0.5, 0.6) is 0 Å². The normalized spacial score (nSPS) is 20.7. The number of thiol groups is 1. The van der Waals surface area contributed by atoms with Gasteiger partial charge in [0.05, 0.1) is 4.88 Å². The van der Waals surface area contributed by atoms with Crippen LogP contribution in [0.2, 0.25) is 0 Å². The highest BCUT2D eigenvalue weighted by atomic mass is 32.1. The van der Waals surface area contributed by atoms with Crippen LogP contribution in [-0.2, 0) is 0 Å². The molecule has 0 aromatic carbocycles. The largest absolute Gasteiger partial charge is 0.351 e. The molecule has 1 fully saturated rings. The Labute approximate surface area is 112 Å². The van der Waals surface area contributed by atoms with E-state index < -0.39 is 0 Å². The van der Waals surface area contributed by atoms with Crippen molar-refractivity contribution in [2.24, 2.45) is 5.92 Å². The average Bonchev–Trinajstić information content (AvgIpc) is 2.94. The lowest BCUT2D eigenvalue weighted by molar-refractivity contribution is 0.0951. The number of amides is 1. The molecular formula is C12H18N2OS2. The molecule has 1 aliphatic rings. The molecule has 1 aromatic rings. The van der Waals surface area contributed by atoms with Crippen molar-refractivity contribution in [3.8, 4) is 0 Å². The van der Waals surface area contributed by atoms with Crippen LogP contribution in [0.4, 0.5) is 0 Å². The van der Waals surface area contributed by atoms with Crippen molar-refractivity contribution in [1.82, 2.24) is 10.2 Å². The van der Waals surface area contributed by atoms with Crippen molar-refractivity contribution in [2.75, 3.05) is 26.2 Å². The molecule has 1 atom stereocenters. The molecule has 17 heavy (non-hydrogen) atoms. The van der Waals surface area contributed by atoms with Gasteiger partial charge < -0.3 is 10.2 Å². The maximum atomic E-state index is 11.8. The smallest absolute Gasteiger partial charge is 0.261 e. The number of hydrogen-bond donors (Lipinski definition) is 2. The Morgan fingerprint density at radius 1 is 1.71 bits per heavy atom. The van der Waals surface area contributed by atoms with Gasteiger partial charge in [-0.2, -0.15) is 0 Å². The van der Waals surface area contributed by atoms with Gasteiger partial charge in [0, 0.05) is 23.4 Å². The van der Waals surface area contributed by atoms with E-state index in [0.29, 0.717) is 5.92 Å². The molecule has 1 aromatic heterocycles. The highest BCUT2D eigenvalue weighted by molar-refractivity contribution is 7.80.